The summed E-state index contributed by atoms with van der Waals surface area (Å²) >= 11 is 0. The summed E-state index contributed by atoms with van der Waals surface area (Å²) in [5.41, 5.74) is 1.37. The number of halogens is 3. The average molecular weight is 561 g/mol. The Hall–Kier alpha value is -3.42. The van der Waals surface area contributed by atoms with Crippen LogP contribution in [0.1, 0.15) is 43.4 Å². The van der Waals surface area contributed by atoms with E-state index in [4.69, 9.17) is 14.2 Å². The van der Waals surface area contributed by atoms with Gasteiger partial charge in [-0.25, -0.2) is 19.1 Å². The molecule has 0 saturated heterocycles. The van der Waals surface area contributed by atoms with Crippen molar-refractivity contribution in [1.82, 2.24) is 19.4 Å². The maximum absolute atomic E-state index is 13.4. The molecule has 0 aromatic carbocycles. The Kier molecular flexibility index (Phi) is 10.9. The first-order valence-corrected chi connectivity index (χ1v) is 12.9. The number of likely N-dealkylation sites (N-methyl/N-ethyl adjacent to an activating group) is 1. The number of pyridine rings is 1. The number of ether oxygens (including phenoxy) is 3. The van der Waals surface area contributed by atoms with Crippen molar-refractivity contribution >= 4 is 29.1 Å². The molecule has 14 heteroatoms. The lowest BCUT2D eigenvalue weighted by Crippen LogP contribution is -2.36. The Morgan fingerprint density at radius 2 is 1.95 bits per heavy atom. The monoisotopic (exact) mass is 560 g/mol. The third-order valence-electron chi connectivity index (χ3n) is 5.06. The standard InChI is InChI=1S/C24H31F3N4O6S/c1-7-8-18-17(5)31(22(32)30(6)11-12-35-23(33)37-15(2)3)21(29-18)38(34)13-19-16(4)20(9-10-28-19)36-14-24(25,26)27/h7-10,15H,11-14H2,1-6H3/b8-7-/t38-/m1/s1. The van der Waals surface area contributed by atoms with Gasteiger partial charge >= 0.3 is 18.4 Å². The van der Waals surface area contributed by atoms with Crippen LogP contribution in [0.15, 0.2) is 23.5 Å². The van der Waals surface area contributed by atoms with Gasteiger partial charge < -0.3 is 19.1 Å². The molecule has 0 aliphatic carbocycles. The molecule has 2 aromatic heterocycles. The molecule has 0 N–H and O–H groups in total. The second-order valence-corrected chi connectivity index (χ2v) is 9.79. The van der Waals surface area contributed by atoms with Crippen LogP contribution in [0.5, 0.6) is 5.75 Å². The highest BCUT2D eigenvalue weighted by molar-refractivity contribution is 7.84. The number of carbonyl (C=O) groups excluding carboxylic acids is 2. The molecule has 0 bridgehead atoms. The van der Waals surface area contributed by atoms with Crippen LogP contribution >= 0.6 is 0 Å². The third-order valence-corrected chi connectivity index (χ3v) is 6.27. The first-order valence-electron chi connectivity index (χ1n) is 11.6. The molecular formula is C24H31F3N4O6S. The Balaban J connectivity index is 2.27. The van der Waals surface area contributed by atoms with E-state index in [1.807, 2.05) is 0 Å². The van der Waals surface area contributed by atoms with Crippen molar-refractivity contribution < 1.29 is 41.2 Å². The van der Waals surface area contributed by atoms with Crippen LogP contribution in [-0.4, -0.2) is 74.9 Å². The summed E-state index contributed by atoms with van der Waals surface area (Å²) in [4.78, 5) is 34.7. The zero-order chi connectivity index (χ0) is 28.6. The summed E-state index contributed by atoms with van der Waals surface area (Å²) < 4.78 is 67.1. The number of aromatic nitrogens is 3. The van der Waals surface area contributed by atoms with Gasteiger partial charge in [0.25, 0.3) is 0 Å². The number of alkyl halides is 3. The Labute approximate surface area is 221 Å². The van der Waals surface area contributed by atoms with Crippen LogP contribution < -0.4 is 4.74 Å². The van der Waals surface area contributed by atoms with Gasteiger partial charge in [-0.3, -0.25) is 9.19 Å². The largest absolute Gasteiger partial charge is 0.508 e. The maximum Gasteiger partial charge on any atom is 0.508 e. The molecule has 210 valence electrons. The van der Waals surface area contributed by atoms with Gasteiger partial charge in [0.15, 0.2) is 6.61 Å². The minimum atomic E-state index is -4.52. The molecule has 2 heterocycles. The number of hydrogen-bond donors (Lipinski definition) is 0. The zero-order valence-corrected chi connectivity index (χ0v) is 22.8. The minimum Gasteiger partial charge on any atom is -0.484 e. The fourth-order valence-corrected chi connectivity index (χ4v) is 4.44. The minimum absolute atomic E-state index is 0.0218. The lowest BCUT2D eigenvalue weighted by atomic mass is 10.2. The zero-order valence-electron chi connectivity index (χ0n) is 22.0. The molecule has 38 heavy (non-hydrogen) atoms. The number of allylic oxidation sites excluding steroid dienone is 1. The molecular weight excluding hydrogens is 529 g/mol. The van der Waals surface area contributed by atoms with Crippen molar-refractivity contribution in [3.05, 3.63) is 41.0 Å². The predicted molar refractivity (Wildman–Crippen MR) is 133 cm³/mol. The van der Waals surface area contributed by atoms with Crippen molar-refractivity contribution in [2.24, 2.45) is 0 Å². The number of carbonyl (C=O) groups is 2. The van der Waals surface area contributed by atoms with E-state index in [1.165, 1.54) is 35.7 Å². The quantitative estimate of drug-likeness (QED) is 0.387. The van der Waals surface area contributed by atoms with Crippen molar-refractivity contribution in [1.29, 1.82) is 0 Å². The molecule has 1 amide bonds. The van der Waals surface area contributed by atoms with Gasteiger partial charge in [0, 0.05) is 18.8 Å². The number of hydrogen-bond acceptors (Lipinski definition) is 8. The molecule has 0 saturated carbocycles. The van der Waals surface area contributed by atoms with Crippen molar-refractivity contribution in [3.8, 4) is 5.75 Å². The highest BCUT2D eigenvalue weighted by Crippen LogP contribution is 2.25. The van der Waals surface area contributed by atoms with Crippen molar-refractivity contribution in [2.75, 3.05) is 26.8 Å². The Morgan fingerprint density at radius 1 is 1.26 bits per heavy atom. The topological polar surface area (TPSA) is 113 Å². The summed E-state index contributed by atoms with van der Waals surface area (Å²) in [6.45, 7) is 6.67. The molecule has 0 fully saturated rings. The smallest absolute Gasteiger partial charge is 0.484 e. The number of rotatable bonds is 10. The predicted octanol–water partition coefficient (Wildman–Crippen LogP) is 4.64. The highest BCUT2D eigenvalue weighted by atomic mass is 32.2. The highest BCUT2D eigenvalue weighted by Gasteiger charge is 2.29. The Bertz CT molecular complexity index is 1200. The third kappa shape index (κ3) is 8.57. The summed E-state index contributed by atoms with van der Waals surface area (Å²) in [6, 6.07) is 0.724. The molecule has 10 nitrogen and oxygen atoms in total. The first-order chi connectivity index (χ1) is 17.7. The number of imidazole rings is 1. The van der Waals surface area contributed by atoms with Crippen LogP contribution in [-0.2, 0) is 26.0 Å². The normalized spacial score (nSPS) is 12.6. The van der Waals surface area contributed by atoms with E-state index in [9.17, 15) is 27.0 Å². The number of amides is 1. The fourth-order valence-electron chi connectivity index (χ4n) is 3.15. The summed E-state index contributed by atoms with van der Waals surface area (Å²) in [5.74, 6) is -0.257. The van der Waals surface area contributed by atoms with Crippen LogP contribution in [0.4, 0.5) is 22.8 Å². The summed E-state index contributed by atoms with van der Waals surface area (Å²) in [7, 11) is -0.430. The second-order valence-electron chi connectivity index (χ2n) is 8.44. The van der Waals surface area contributed by atoms with E-state index in [-0.39, 0.29) is 41.6 Å². The van der Waals surface area contributed by atoms with Gasteiger partial charge in [0.05, 0.1) is 46.3 Å². The van der Waals surface area contributed by atoms with E-state index < -0.39 is 35.8 Å². The number of nitrogens with zero attached hydrogens (tertiary/aromatic N) is 4. The van der Waals surface area contributed by atoms with E-state index in [2.05, 4.69) is 9.97 Å². The van der Waals surface area contributed by atoms with E-state index >= 15 is 0 Å². The average Bonchev–Trinajstić information content (AvgIpc) is 3.14. The van der Waals surface area contributed by atoms with Gasteiger partial charge in [-0.1, -0.05) is 6.08 Å². The SMILES string of the molecule is C/C=C\c1nc([S@](=O)Cc2nccc(OCC(F)(F)F)c2C)n(C(=O)N(C)CCOC(=O)OC(C)C)c1C. The molecule has 0 aliphatic heterocycles. The van der Waals surface area contributed by atoms with Crippen LogP contribution in [0.25, 0.3) is 6.08 Å². The Morgan fingerprint density at radius 3 is 2.55 bits per heavy atom. The van der Waals surface area contributed by atoms with Crippen molar-refractivity contribution in [2.45, 2.75) is 57.8 Å². The molecule has 1 atom stereocenters. The lowest BCUT2D eigenvalue weighted by Gasteiger charge is -2.19. The van der Waals surface area contributed by atoms with E-state index in [0.29, 0.717) is 17.0 Å². The summed E-state index contributed by atoms with van der Waals surface area (Å²) in [5, 5.41) is -0.0598. The van der Waals surface area contributed by atoms with E-state index in [0.717, 1.165) is 0 Å². The van der Waals surface area contributed by atoms with Crippen LogP contribution in [0, 0.1) is 13.8 Å². The first kappa shape index (κ1) is 30.8. The second kappa shape index (κ2) is 13.4. The van der Waals surface area contributed by atoms with Crippen LogP contribution in [0.2, 0.25) is 0 Å². The van der Waals surface area contributed by atoms with Gasteiger partial charge in [0.1, 0.15) is 12.4 Å². The summed E-state index contributed by atoms with van der Waals surface area (Å²) in [6.07, 6.45) is -1.11. The lowest BCUT2D eigenvalue weighted by molar-refractivity contribution is -0.153. The van der Waals surface area contributed by atoms with Gasteiger partial charge in [-0.15, -0.1) is 0 Å². The van der Waals surface area contributed by atoms with Gasteiger partial charge in [-0.2, -0.15) is 13.2 Å². The van der Waals surface area contributed by atoms with Gasteiger partial charge in [-0.05, 0) is 46.8 Å². The molecule has 0 unspecified atom stereocenters. The molecule has 2 aromatic rings. The van der Waals surface area contributed by atoms with Gasteiger partial charge in [0.2, 0.25) is 5.16 Å². The van der Waals surface area contributed by atoms with Crippen LogP contribution in [0.3, 0.4) is 0 Å². The molecule has 0 radical (unpaired) electrons. The maximum atomic E-state index is 13.4. The molecule has 2 rings (SSSR count). The molecule has 0 spiro atoms. The molecule has 0 aliphatic rings. The fraction of sp³-hybridized carbons (Fsp3) is 0.500. The van der Waals surface area contributed by atoms with Crippen molar-refractivity contribution in [3.63, 3.8) is 0 Å². The van der Waals surface area contributed by atoms with E-state index in [1.54, 1.807) is 39.8 Å².